The molecule has 1 atom stereocenters. The zero-order valence-electron chi connectivity index (χ0n) is 13.4. The lowest BCUT2D eigenvalue weighted by Gasteiger charge is -2.30. The molecule has 1 heterocycles. The minimum Gasteiger partial charge on any atom is -0.493 e. The maximum atomic E-state index is 11.0. The lowest BCUT2D eigenvalue weighted by Crippen LogP contribution is -2.39. The fourth-order valence-corrected chi connectivity index (χ4v) is 2.79. The molecule has 5 heteroatoms. The summed E-state index contributed by atoms with van der Waals surface area (Å²) in [6.45, 7) is 7.39. The highest BCUT2D eigenvalue weighted by atomic mass is 35.5. The number of hydrogen-bond acceptors (Lipinski definition) is 3. The van der Waals surface area contributed by atoms with Gasteiger partial charge in [-0.2, -0.15) is 0 Å². The van der Waals surface area contributed by atoms with Crippen LogP contribution in [0.4, 0.5) is 0 Å². The summed E-state index contributed by atoms with van der Waals surface area (Å²) < 4.78 is 5.84. The van der Waals surface area contributed by atoms with E-state index in [-0.39, 0.29) is 18.3 Å². The van der Waals surface area contributed by atoms with Gasteiger partial charge in [0.2, 0.25) is 0 Å². The topological polar surface area (TPSA) is 49.8 Å². The Hall–Kier alpha value is -1.26. The average Bonchev–Trinajstić information content (AvgIpc) is 2.47. The van der Waals surface area contributed by atoms with Gasteiger partial charge in [0.05, 0.1) is 12.5 Å². The second-order valence-electron chi connectivity index (χ2n) is 5.95. The number of carboxylic acid groups (broad SMARTS) is 1. The molecule has 0 amide bonds. The number of carbonyl (C=O) groups is 1. The van der Waals surface area contributed by atoms with E-state index in [0.717, 1.165) is 43.7 Å². The Morgan fingerprint density at radius 1 is 1.41 bits per heavy atom. The third kappa shape index (κ3) is 5.50. The van der Waals surface area contributed by atoms with Crippen LogP contribution in [0.25, 0.3) is 0 Å². The summed E-state index contributed by atoms with van der Waals surface area (Å²) >= 11 is 0. The van der Waals surface area contributed by atoms with Gasteiger partial charge in [-0.05, 0) is 56.8 Å². The quantitative estimate of drug-likeness (QED) is 0.815. The van der Waals surface area contributed by atoms with Gasteiger partial charge >= 0.3 is 5.97 Å². The van der Waals surface area contributed by atoms with Crippen LogP contribution in [0.3, 0.4) is 0 Å². The van der Waals surface area contributed by atoms with Crippen LogP contribution in [0.1, 0.15) is 30.4 Å². The van der Waals surface area contributed by atoms with Crippen molar-refractivity contribution in [3.05, 3.63) is 29.3 Å². The molecule has 1 N–H and O–H groups in total. The lowest BCUT2D eigenvalue weighted by molar-refractivity contribution is -0.143. The molecule has 1 saturated heterocycles. The number of likely N-dealkylation sites (tertiary alicyclic amines) is 1. The first kappa shape index (κ1) is 18.8. The molecule has 0 aromatic heterocycles. The maximum absolute atomic E-state index is 11.0. The first-order valence-electron chi connectivity index (χ1n) is 7.71. The Kier molecular flexibility index (Phi) is 7.69. The Morgan fingerprint density at radius 3 is 2.91 bits per heavy atom. The Morgan fingerprint density at radius 2 is 2.18 bits per heavy atom. The van der Waals surface area contributed by atoms with Gasteiger partial charge in [0.25, 0.3) is 0 Å². The molecule has 124 valence electrons. The van der Waals surface area contributed by atoms with Crippen molar-refractivity contribution in [2.45, 2.75) is 33.1 Å². The van der Waals surface area contributed by atoms with Crippen LogP contribution >= 0.6 is 12.4 Å². The monoisotopic (exact) mass is 327 g/mol. The highest BCUT2D eigenvalue weighted by molar-refractivity contribution is 5.85. The fourth-order valence-electron chi connectivity index (χ4n) is 2.79. The molecular weight excluding hydrogens is 302 g/mol. The minimum atomic E-state index is -0.661. The molecule has 4 nitrogen and oxygen atoms in total. The van der Waals surface area contributed by atoms with E-state index in [2.05, 4.69) is 36.9 Å². The Balaban J connectivity index is 0.00000242. The second kappa shape index (κ2) is 9.01. The Labute approximate surface area is 138 Å². The van der Waals surface area contributed by atoms with Crippen molar-refractivity contribution >= 4 is 18.4 Å². The number of aryl methyl sites for hydroxylation is 2. The molecule has 1 unspecified atom stereocenters. The molecule has 0 spiro atoms. The molecular formula is C17H26ClNO3. The molecule has 0 aliphatic carbocycles. The SMILES string of the molecule is Cc1ccc(C)c(OCCCN2CCCC(C(=O)O)C2)c1.Cl. The number of halogens is 1. The normalized spacial score (nSPS) is 18.5. The van der Waals surface area contributed by atoms with Crippen molar-refractivity contribution in [1.29, 1.82) is 0 Å². The standard InChI is InChI=1S/C17H25NO3.ClH/c1-13-6-7-14(2)16(11-13)21-10-4-9-18-8-3-5-15(12-18)17(19)20;/h6-7,11,15H,3-5,8-10,12H2,1-2H3,(H,19,20);1H. The molecule has 22 heavy (non-hydrogen) atoms. The van der Waals surface area contributed by atoms with E-state index in [1.54, 1.807) is 0 Å². The molecule has 1 aliphatic heterocycles. The third-order valence-corrected chi connectivity index (χ3v) is 4.07. The van der Waals surface area contributed by atoms with Crippen molar-refractivity contribution in [3.63, 3.8) is 0 Å². The number of benzene rings is 1. The van der Waals surface area contributed by atoms with Crippen molar-refractivity contribution in [1.82, 2.24) is 4.90 Å². The Bertz CT molecular complexity index is 493. The van der Waals surface area contributed by atoms with E-state index in [1.807, 2.05) is 0 Å². The van der Waals surface area contributed by atoms with Gasteiger partial charge in [-0.3, -0.25) is 4.79 Å². The number of rotatable bonds is 6. The van der Waals surface area contributed by atoms with Crippen LogP contribution in [0, 0.1) is 19.8 Å². The van der Waals surface area contributed by atoms with E-state index >= 15 is 0 Å². The van der Waals surface area contributed by atoms with Crippen molar-refractivity contribution in [2.24, 2.45) is 5.92 Å². The molecule has 1 aromatic rings. The summed E-state index contributed by atoms with van der Waals surface area (Å²) in [6.07, 6.45) is 2.72. The van der Waals surface area contributed by atoms with Crippen LogP contribution in [0.15, 0.2) is 18.2 Å². The summed E-state index contributed by atoms with van der Waals surface area (Å²) in [4.78, 5) is 13.3. The van der Waals surface area contributed by atoms with Crippen molar-refractivity contribution < 1.29 is 14.6 Å². The predicted octanol–water partition coefficient (Wildman–Crippen LogP) is 3.29. The van der Waals surface area contributed by atoms with Gasteiger partial charge in [0.1, 0.15) is 5.75 Å². The first-order chi connectivity index (χ1) is 10.1. The number of ether oxygens (including phenoxy) is 1. The van der Waals surface area contributed by atoms with Gasteiger partial charge in [-0.15, -0.1) is 12.4 Å². The van der Waals surface area contributed by atoms with Gasteiger partial charge in [0.15, 0.2) is 0 Å². The third-order valence-electron chi connectivity index (χ3n) is 4.07. The first-order valence-corrected chi connectivity index (χ1v) is 7.71. The van der Waals surface area contributed by atoms with Crippen LogP contribution in [-0.4, -0.2) is 42.2 Å². The lowest BCUT2D eigenvalue weighted by atomic mass is 9.98. The van der Waals surface area contributed by atoms with Crippen molar-refractivity contribution in [3.8, 4) is 5.75 Å². The van der Waals surface area contributed by atoms with Gasteiger partial charge in [-0.1, -0.05) is 12.1 Å². The van der Waals surface area contributed by atoms with Crippen LogP contribution < -0.4 is 4.74 Å². The van der Waals surface area contributed by atoms with E-state index in [0.29, 0.717) is 13.2 Å². The number of aliphatic carboxylic acids is 1. The predicted molar refractivity (Wildman–Crippen MR) is 90.1 cm³/mol. The number of piperidine rings is 1. The van der Waals surface area contributed by atoms with E-state index in [4.69, 9.17) is 9.84 Å². The highest BCUT2D eigenvalue weighted by Gasteiger charge is 2.24. The van der Waals surface area contributed by atoms with Gasteiger partial charge in [-0.25, -0.2) is 0 Å². The zero-order chi connectivity index (χ0) is 15.2. The molecule has 1 fully saturated rings. The summed E-state index contributed by atoms with van der Waals surface area (Å²) in [5.74, 6) is 0.0991. The van der Waals surface area contributed by atoms with E-state index < -0.39 is 5.97 Å². The van der Waals surface area contributed by atoms with Crippen LogP contribution in [0.5, 0.6) is 5.75 Å². The molecule has 1 aliphatic rings. The molecule has 1 aromatic carbocycles. The molecule has 2 rings (SSSR count). The van der Waals surface area contributed by atoms with E-state index in [1.165, 1.54) is 5.56 Å². The molecule has 0 bridgehead atoms. The highest BCUT2D eigenvalue weighted by Crippen LogP contribution is 2.20. The minimum absolute atomic E-state index is 0. The molecule has 0 radical (unpaired) electrons. The largest absolute Gasteiger partial charge is 0.493 e. The summed E-state index contributed by atoms with van der Waals surface area (Å²) in [5.41, 5.74) is 2.36. The molecule has 0 saturated carbocycles. The van der Waals surface area contributed by atoms with E-state index in [9.17, 15) is 4.79 Å². The fraction of sp³-hybridized carbons (Fsp3) is 0.588. The zero-order valence-corrected chi connectivity index (χ0v) is 14.2. The van der Waals surface area contributed by atoms with Crippen LogP contribution in [0.2, 0.25) is 0 Å². The van der Waals surface area contributed by atoms with Crippen molar-refractivity contribution in [2.75, 3.05) is 26.2 Å². The summed E-state index contributed by atoms with van der Waals surface area (Å²) in [7, 11) is 0. The number of carboxylic acids is 1. The van der Waals surface area contributed by atoms with Gasteiger partial charge < -0.3 is 14.7 Å². The summed E-state index contributed by atoms with van der Waals surface area (Å²) in [5, 5.41) is 9.08. The second-order valence-corrected chi connectivity index (χ2v) is 5.95. The number of nitrogens with zero attached hydrogens (tertiary/aromatic N) is 1. The average molecular weight is 328 g/mol. The maximum Gasteiger partial charge on any atom is 0.307 e. The smallest absolute Gasteiger partial charge is 0.307 e. The number of hydrogen-bond donors (Lipinski definition) is 1. The van der Waals surface area contributed by atoms with Gasteiger partial charge in [0, 0.05) is 13.1 Å². The summed E-state index contributed by atoms with van der Waals surface area (Å²) in [6, 6.07) is 6.23. The van der Waals surface area contributed by atoms with Crippen LogP contribution in [-0.2, 0) is 4.79 Å².